The molecule has 6 heteroatoms. The Hall–Kier alpha value is -0.980. The SMILES string of the molecule is CNCCOCCN(C=O)C(=O)CNC. The van der Waals surface area contributed by atoms with Gasteiger partial charge < -0.3 is 15.4 Å². The molecule has 0 aliphatic rings. The van der Waals surface area contributed by atoms with E-state index in [2.05, 4.69) is 10.6 Å². The van der Waals surface area contributed by atoms with Gasteiger partial charge in [-0.05, 0) is 14.1 Å². The number of imide groups is 1. The van der Waals surface area contributed by atoms with Gasteiger partial charge in [0.1, 0.15) is 0 Å². The summed E-state index contributed by atoms with van der Waals surface area (Å²) in [6, 6.07) is 0. The number of hydrogen-bond acceptors (Lipinski definition) is 5. The van der Waals surface area contributed by atoms with Gasteiger partial charge in [0.15, 0.2) is 0 Å². The number of rotatable bonds is 9. The molecule has 0 aromatic heterocycles. The van der Waals surface area contributed by atoms with Gasteiger partial charge in [-0.1, -0.05) is 0 Å². The average molecular weight is 217 g/mol. The molecule has 0 aromatic rings. The minimum Gasteiger partial charge on any atom is -0.378 e. The molecule has 15 heavy (non-hydrogen) atoms. The van der Waals surface area contributed by atoms with Crippen LogP contribution in [0.15, 0.2) is 0 Å². The van der Waals surface area contributed by atoms with Gasteiger partial charge in [-0.15, -0.1) is 0 Å². The predicted octanol–water partition coefficient (Wildman–Crippen LogP) is -1.57. The smallest absolute Gasteiger partial charge is 0.242 e. The van der Waals surface area contributed by atoms with Crippen LogP contribution in [0.3, 0.4) is 0 Å². The van der Waals surface area contributed by atoms with Crippen molar-refractivity contribution >= 4 is 12.3 Å². The van der Waals surface area contributed by atoms with Gasteiger partial charge in [0.2, 0.25) is 12.3 Å². The zero-order valence-corrected chi connectivity index (χ0v) is 9.28. The van der Waals surface area contributed by atoms with Crippen LogP contribution in [0.4, 0.5) is 0 Å². The fraction of sp³-hybridized carbons (Fsp3) is 0.778. The van der Waals surface area contributed by atoms with Crippen LogP contribution in [0.5, 0.6) is 0 Å². The van der Waals surface area contributed by atoms with Crippen LogP contribution >= 0.6 is 0 Å². The molecule has 0 spiro atoms. The summed E-state index contributed by atoms with van der Waals surface area (Å²) in [6.45, 7) is 2.16. The minimum absolute atomic E-state index is 0.162. The van der Waals surface area contributed by atoms with Crippen molar-refractivity contribution in [3.8, 4) is 0 Å². The van der Waals surface area contributed by atoms with Crippen molar-refractivity contribution < 1.29 is 14.3 Å². The zero-order valence-electron chi connectivity index (χ0n) is 9.28. The molecule has 0 bridgehead atoms. The molecular weight excluding hydrogens is 198 g/mol. The summed E-state index contributed by atoms with van der Waals surface area (Å²) in [6.07, 6.45) is 0.529. The summed E-state index contributed by atoms with van der Waals surface area (Å²) < 4.78 is 5.20. The van der Waals surface area contributed by atoms with E-state index in [4.69, 9.17) is 4.74 Å². The first-order chi connectivity index (χ1) is 7.26. The summed E-state index contributed by atoms with van der Waals surface area (Å²) in [4.78, 5) is 22.9. The standard InChI is InChI=1S/C9H19N3O3/c1-10-3-5-15-6-4-12(8-13)9(14)7-11-2/h8,10-11H,3-7H2,1-2H3. The van der Waals surface area contributed by atoms with E-state index in [0.717, 1.165) is 11.4 Å². The molecule has 0 heterocycles. The number of carbonyl (C=O) groups excluding carboxylic acids is 2. The van der Waals surface area contributed by atoms with Crippen LogP contribution in [0, 0.1) is 0 Å². The maximum absolute atomic E-state index is 11.3. The average Bonchev–Trinajstić information content (AvgIpc) is 2.23. The van der Waals surface area contributed by atoms with Gasteiger partial charge in [0.25, 0.3) is 0 Å². The maximum atomic E-state index is 11.3. The fourth-order valence-electron chi connectivity index (χ4n) is 0.928. The van der Waals surface area contributed by atoms with Crippen LogP contribution in [0.2, 0.25) is 0 Å². The Bertz CT molecular complexity index is 187. The molecule has 0 aliphatic carbocycles. The Morgan fingerprint density at radius 3 is 2.60 bits per heavy atom. The Morgan fingerprint density at radius 2 is 2.07 bits per heavy atom. The Morgan fingerprint density at radius 1 is 1.33 bits per heavy atom. The highest BCUT2D eigenvalue weighted by Gasteiger charge is 2.10. The van der Waals surface area contributed by atoms with Crippen LogP contribution in [-0.4, -0.2) is 64.2 Å². The maximum Gasteiger partial charge on any atom is 0.242 e. The molecule has 0 fully saturated rings. The van der Waals surface area contributed by atoms with Crippen LogP contribution in [0.1, 0.15) is 0 Å². The quantitative estimate of drug-likeness (QED) is 0.360. The third-order valence-corrected chi connectivity index (χ3v) is 1.75. The first kappa shape index (κ1) is 14.0. The van der Waals surface area contributed by atoms with Crippen molar-refractivity contribution in [1.29, 1.82) is 0 Å². The van der Waals surface area contributed by atoms with E-state index < -0.39 is 0 Å². The first-order valence-corrected chi connectivity index (χ1v) is 4.88. The molecule has 0 rings (SSSR count). The van der Waals surface area contributed by atoms with Gasteiger partial charge in [0, 0.05) is 6.54 Å². The third kappa shape index (κ3) is 7.01. The van der Waals surface area contributed by atoms with Crippen molar-refractivity contribution in [2.45, 2.75) is 0 Å². The number of ether oxygens (including phenoxy) is 1. The van der Waals surface area contributed by atoms with E-state index in [1.165, 1.54) is 0 Å². The van der Waals surface area contributed by atoms with E-state index in [1.807, 2.05) is 7.05 Å². The summed E-state index contributed by atoms with van der Waals surface area (Å²) in [7, 11) is 3.49. The molecule has 0 saturated carbocycles. The second-order valence-corrected chi connectivity index (χ2v) is 2.94. The van der Waals surface area contributed by atoms with E-state index in [9.17, 15) is 9.59 Å². The number of carbonyl (C=O) groups is 2. The lowest BCUT2D eigenvalue weighted by atomic mass is 10.5. The normalized spacial score (nSPS) is 10.0. The molecule has 0 unspecified atom stereocenters. The molecule has 2 N–H and O–H groups in total. The molecule has 0 aromatic carbocycles. The first-order valence-electron chi connectivity index (χ1n) is 4.88. The lowest BCUT2D eigenvalue weighted by Crippen LogP contribution is -2.38. The highest BCUT2D eigenvalue weighted by molar-refractivity contribution is 5.87. The van der Waals surface area contributed by atoms with Gasteiger partial charge in [-0.3, -0.25) is 14.5 Å². The largest absolute Gasteiger partial charge is 0.378 e. The molecule has 88 valence electrons. The molecule has 0 aliphatic heterocycles. The second-order valence-electron chi connectivity index (χ2n) is 2.94. The molecule has 0 radical (unpaired) electrons. The summed E-state index contributed by atoms with van der Waals surface area (Å²) >= 11 is 0. The highest BCUT2D eigenvalue weighted by Crippen LogP contribution is 1.85. The fourth-order valence-corrected chi connectivity index (χ4v) is 0.928. The number of nitrogens with zero attached hydrogens (tertiary/aromatic N) is 1. The second kappa shape index (κ2) is 9.57. The van der Waals surface area contributed by atoms with E-state index >= 15 is 0 Å². The highest BCUT2D eigenvalue weighted by atomic mass is 16.5. The Balaban J connectivity index is 3.61. The number of likely N-dealkylation sites (N-methyl/N-ethyl adjacent to an activating group) is 2. The molecule has 6 nitrogen and oxygen atoms in total. The van der Waals surface area contributed by atoms with Gasteiger partial charge in [0.05, 0.1) is 26.3 Å². The summed E-state index contributed by atoms with van der Waals surface area (Å²) in [5, 5.41) is 5.62. The number of amides is 2. The van der Waals surface area contributed by atoms with Crippen molar-refractivity contribution in [3.63, 3.8) is 0 Å². The Kier molecular flexibility index (Phi) is 8.95. The lowest BCUT2D eigenvalue weighted by molar-refractivity contribution is -0.138. The van der Waals surface area contributed by atoms with Gasteiger partial charge in [-0.25, -0.2) is 0 Å². The van der Waals surface area contributed by atoms with E-state index in [1.54, 1.807) is 7.05 Å². The summed E-state index contributed by atoms with van der Waals surface area (Å²) in [5.74, 6) is -0.246. The van der Waals surface area contributed by atoms with Crippen molar-refractivity contribution in [2.24, 2.45) is 0 Å². The molecule has 0 saturated heterocycles. The number of hydrogen-bond donors (Lipinski definition) is 2. The zero-order chi connectivity index (χ0) is 11.5. The molecule has 0 atom stereocenters. The Labute approximate surface area is 90.0 Å². The predicted molar refractivity (Wildman–Crippen MR) is 56.4 cm³/mol. The third-order valence-electron chi connectivity index (χ3n) is 1.75. The van der Waals surface area contributed by atoms with Gasteiger partial charge >= 0.3 is 0 Å². The van der Waals surface area contributed by atoms with Crippen molar-refractivity contribution in [3.05, 3.63) is 0 Å². The van der Waals surface area contributed by atoms with Gasteiger partial charge in [-0.2, -0.15) is 0 Å². The van der Waals surface area contributed by atoms with Crippen LogP contribution in [0.25, 0.3) is 0 Å². The van der Waals surface area contributed by atoms with E-state index in [0.29, 0.717) is 26.2 Å². The minimum atomic E-state index is -0.246. The van der Waals surface area contributed by atoms with E-state index in [-0.39, 0.29) is 12.5 Å². The van der Waals surface area contributed by atoms with Crippen molar-refractivity contribution in [2.75, 3.05) is 46.9 Å². The van der Waals surface area contributed by atoms with Crippen LogP contribution in [-0.2, 0) is 14.3 Å². The molecule has 2 amide bonds. The number of nitrogens with one attached hydrogen (secondary N) is 2. The van der Waals surface area contributed by atoms with Crippen LogP contribution < -0.4 is 10.6 Å². The summed E-state index contributed by atoms with van der Waals surface area (Å²) in [5.41, 5.74) is 0. The monoisotopic (exact) mass is 217 g/mol. The molecular formula is C9H19N3O3. The topological polar surface area (TPSA) is 70.7 Å². The lowest BCUT2D eigenvalue weighted by Gasteiger charge is -2.15. The van der Waals surface area contributed by atoms with Crippen molar-refractivity contribution in [1.82, 2.24) is 15.5 Å².